The number of aromatic nitrogens is 2. The van der Waals surface area contributed by atoms with Gasteiger partial charge < -0.3 is 10.1 Å². The fraction of sp³-hybridized carbons (Fsp3) is 0.350. The number of hydrogen-bond acceptors (Lipinski definition) is 5. The SMILES string of the molecule is CC[C@H]1C[C@@H](NC(=O)c2ccccc2)C[C@@H](c2ccc3nonc3c2)O1. The highest BCUT2D eigenvalue weighted by atomic mass is 16.6. The van der Waals surface area contributed by atoms with Crippen molar-refractivity contribution in [2.75, 3.05) is 0 Å². The smallest absolute Gasteiger partial charge is 0.251 e. The van der Waals surface area contributed by atoms with Crippen molar-refractivity contribution in [2.24, 2.45) is 0 Å². The van der Waals surface area contributed by atoms with Gasteiger partial charge in [0.1, 0.15) is 11.0 Å². The number of fused-ring (bicyclic) bond motifs is 1. The second-order valence-electron chi connectivity index (χ2n) is 6.68. The van der Waals surface area contributed by atoms with Gasteiger partial charge in [-0.3, -0.25) is 4.79 Å². The van der Waals surface area contributed by atoms with Crippen LogP contribution in [0.15, 0.2) is 53.2 Å². The number of nitrogens with one attached hydrogen (secondary N) is 1. The van der Waals surface area contributed by atoms with Gasteiger partial charge in [0.25, 0.3) is 5.91 Å². The van der Waals surface area contributed by atoms with Gasteiger partial charge in [-0.05, 0) is 59.4 Å². The molecule has 1 fully saturated rings. The van der Waals surface area contributed by atoms with E-state index in [2.05, 4.69) is 22.6 Å². The van der Waals surface area contributed by atoms with Crippen LogP contribution in [0.3, 0.4) is 0 Å². The predicted molar refractivity (Wildman–Crippen MR) is 96.6 cm³/mol. The topological polar surface area (TPSA) is 77.3 Å². The van der Waals surface area contributed by atoms with E-state index >= 15 is 0 Å². The molecule has 134 valence electrons. The van der Waals surface area contributed by atoms with Crippen molar-refractivity contribution in [1.29, 1.82) is 0 Å². The first-order chi connectivity index (χ1) is 12.7. The maximum atomic E-state index is 12.5. The molecular formula is C20H21N3O3. The quantitative estimate of drug-likeness (QED) is 0.776. The van der Waals surface area contributed by atoms with Crippen molar-refractivity contribution in [3.05, 3.63) is 59.7 Å². The maximum absolute atomic E-state index is 12.5. The molecule has 2 aromatic carbocycles. The molecule has 0 saturated carbocycles. The number of hydrogen-bond donors (Lipinski definition) is 1. The molecule has 6 heteroatoms. The lowest BCUT2D eigenvalue weighted by Gasteiger charge is -2.35. The molecule has 1 saturated heterocycles. The molecule has 4 rings (SSSR count). The zero-order chi connectivity index (χ0) is 17.9. The summed E-state index contributed by atoms with van der Waals surface area (Å²) in [6, 6.07) is 15.2. The van der Waals surface area contributed by atoms with Gasteiger partial charge >= 0.3 is 0 Å². The lowest BCUT2D eigenvalue weighted by molar-refractivity contribution is -0.0632. The van der Waals surface area contributed by atoms with Crippen molar-refractivity contribution in [3.63, 3.8) is 0 Å². The van der Waals surface area contributed by atoms with E-state index in [1.54, 1.807) is 0 Å². The van der Waals surface area contributed by atoms with Crippen molar-refractivity contribution in [2.45, 2.75) is 44.4 Å². The number of carbonyl (C=O) groups excluding carboxylic acids is 1. The van der Waals surface area contributed by atoms with Crippen LogP contribution >= 0.6 is 0 Å². The Balaban J connectivity index is 1.52. The van der Waals surface area contributed by atoms with Crippen LogP contribution in [-0.4, -0.2) is 28.4 Å². The van der Waals surface area contributed by atoms with Crippen LogP contribution in [-0.2, 0) is 4.74 Å². The van der Waals surface area contributed by atoms with Crippen LogP contribution in [0.4, 0.5) is 0 Å². The standard InChI is InChI=1S/C20H21N3O3/c1-2-16-11-15(21-20(24)13-6-4-3-5-7-13)12-19(25-16)14-8-9-17-18(10-14)23-26-22-17/h3-10,15-16,19H,2,11-12H2,1H3,(H,21,24)/t15-,16+,19+/m1/s1. The van der Waals surface area contributed by atoms with Gasteiger partial charge in [-0.25, -0.2) is 4.63 Å². The highest BCUT2D eigenvalue weighted by molar-refractivity contribution is 5.94. The molecule has 2 heterocycles. The minimum Gasteiger partial charge on any atom is -0.370 e. The van der Waals surface area contributed by atoms with Gasteiger partial charge in [0.15, 0.2) is 0 Å². The monoisotopic (exact) mass is 351 g/mol. The second-order valence-corrected chi connectivity index (χ2v) is 6.68. The molecule has 1 aliphatic heterocycles. The van der Waals surface area contributed by atoms with Crippen LogP contribution in [0.5, 0.6) is 0 Å². The molecule has 0 aliphatic carbocycles. The second kappa shape index (κ2) is 7.25. The third kappa shape index (κ3) is 3.46. The first-order valence-electron chi connectivity index (χ1n) is 8.96. The van der Waals surface area contributed by atoms with Crippen molar-refractivity contribution < 1.29 is 14.2 Å². The van der Waals surface area contributed by atoms with E-state index in [-0.39, 0.29) is 24.2 Å². The van der Waals surface area contributed by atoms with E-state index in [1.165, 1.54) is 0 Å². The molecule has 1 N–H and O–H groups in total. The molecule has 0 radical (unpaired) electrons. The van der Waals surface area contributed by atoms with E-state index in [0.717, 1.165) is 35.9 Å². The van der Waals surface area contributed by atoms with Crippen molar-refractivity contribution in [3.8, 4) is 0 Å². The van der Waals surface area contributed by atoms with Gasteiger partial charge in [0.2, 0.25) is 0 Å². The Kier molecular flexibility index (Phi) is 4.67. The summed E-state index contributed by atoms with van der Waals surface area (Å²) in [7, 11) is 0. The summed E-state index contributed by atoms with van der Waals surface area (Å²) in [5, 5.41) is 10.9. The number of amides is 1. The average molecular weight is 351 g/mol. The number of ether oxygens (including phenoxy) is 1. The van der Waals surface area contributed by atoms with Crippen LogP contribution in [0.2, 0.25) is 0 Å². The lowest BCUT2D eigenvalue weighted by atomic mass is 9.92. The first-order valence-corrected chi connectivity index (χ1v) is 8.96. The van der Waals surface area contributed by atoms with Crippen molar-refractivity contribution in [1.82, 2.24) is 15.6 Å². The Morgan fingerprint density at radius 3 is 2.73 bits per heavy atom. The number of carbonyl (C=O) groups is 1. The van der Waals surface area contributed by atoms with Gasteiger partial charge in [-0.15, -0.1) is 0 Å². The largest absolute Gasteiger partial charge is 0.370 e. The fourth-order valence-electron chi connectivity index (χ4n) is 3.47. The minimum atomic E-state index is -0.0872. The van der Waals surface area contributed by atoms with Crippen LogP contribution in [0, 0.1) is 0 Å². The van der Waals surface area contributed by atoms with Crippen LogP contribution < -0.4 is 5.32 Å². The minimum absolute atomic E-state index is 0.0396. The Hall–Kier alpha value is -2.73. The lowest BCUT2D eigenvalue weighted by Crippen LogP contribution is -2.42. The van der Waals surface area contributed by atoms with E-state index in [9.17, 15) is 4.79 Å². The number of rotatable bonds is 4. The first kappa shape index (κ1) is 16.7. The van der Waals surface area contributed by atoms with Crippen molar-refractivity contribution >= 4 is 16.9 Å². The predicted octanol–water partition coefficient (Wildman–Crippen LogP) is 3.65. The van der Waals surface area contributed by atoms with Gasteiger partial charge in [-0.1, -0.05) is 31.2 Å². The summed E-state index contributed by atoms with van der Waals surface area (Å²) in [4.78, 5) is 12.5. The van der Waals surface area contributed by atoms with E-state index in [4.69, 9.17) is 9.37 Å². The van der Waals surface area contributed by atoms with Crippen LogP contribution in [0.1, 0.15) is 48.2 Å². The molecule has 1 aliphatic rings. The summed E-state index contributed by atoms with van der Waals surface area (Å²) >= 11 is 0. The number of benzene rings is 2. The number of nitrogens with zero attached hydrogens (tertiary/aromatic N) is 2. The molecule has 3 aromatic rings. The molecule has 6 nitrogen and oxygen atoms in total. The average Bonchev–Trinajstić information content (AvgIpc) is 3.16. The Morgan fingerprint density at radius 1 is 1.12 bits per heavy atom. The molecule has 26 heavy (non-hydrogen) atoms. The third-order valence-corrected chi connectivity index (χ3v) is 4.88. The van der Waals surface area contributed by atoms with Gasteiger partial charge in [0.05, 0.1) is 12.2 Å². The Morgan fingerprint density at radius 2 is 1.92 bits per heavy atom. The third-order valence-electron chi connectivity index (χ3n) is 4.88. The Labute approximate surface area is 151 Å². The van der Waals surface area contributed by atoms with Gasteiger partial charge in [0, 0.05) is 11.6 Å². The fourth-order valence-corrected chi connectivity index (χ4v) is 3.47. The highest BCUT2D eigenvalue weighted by Crippen LogP contribution is 2.33. The van der Waals surface area contributed by atoms with Crippen LogP contribution in [0.25, 0.3) is 11.0 Å². The van der Waals surface area contributed by atoms with E-state index in [1.807, 2.05) is 48.5 Å². The summed E-state index contributed by atoms with van der Waals surface area (Å²) in [5.74, 6) is -0.0396. The summed E-state index contributed by atoms with van der Waals surface area (Å²) < 4.78 is 11.0. The normalized spacial score (nSPS) is 23.0. The molecule has 3 atom stereocenters. The zero-order valence-electron chi connectivity index (χ0n) is 14.6. The molecular weight excluding hydrogens is 330 g/mol. The molecule has 1 amide bonds. The molecule has 0 unspecified atom stereocenters. The zero-order valence-corrected chi connectivity index (χ0v) is 14.6. The highest BCUT2D eigenvalue weighted by Gasteiger charge is 2.31. The molecule has 0 spiro atoms. The summed E-state index contributed by atoms with van der Waals surface area (Å²) in [5.41, 5.74) is 3.16. The summed E-state index contributed by atoms with van der Waals surface area (Å²) in [6.07, 6.45) is 2.48. The van der Waals surface area contributed by atoms with E-state index < -0.39 is 0 Å². The van der Waals surface area contributed by atoms with E-state index in [0.29, 0.717) is 5.56 Å². The van der Waals surface area contributed by atoms with Gasteiger partial charge in [-0.2, -0.15) is 0 Å². The molecule has 1 aromatic heterocycles. The summed E-state index contributed by atoms with van der Waals surface area (Å²) in [6.45, 7) is 2.11. The molecule has 0 bridgehead atoms. The Bertz CT molecular complexity index is 893. The maximum Gasteiger partial charge on any atom is 0.251 e.